The molecule has 1 aliphatic carbocycles. The Morgan fingerprint density at radius 2 is 1.60 bits per heavy atom. The Morgan fingerprint density at radius 3 is 2.30 bits per heavy atom. The van der Waals surface area contributed by atoms with Crippen molar-refractivity contribution in [1.29, 1.82) is 0 Å². The van der Waals surface area contributed by atoms with Crippen molar-refractivity contribution in [3.8, 4) is 0 Å². The maximum atomic E-state index is 13.0. The third-order valence-corrected chi connectivity index (χ3v) is 6.69. The van der Waals surface area contributed by atoms with E-state index in [1.165, 1.54) is 5.56 Å². The van der Waals surface area contributed by atoms with Gasteiger partial charge in [-0.05, 0) is 50.5 Å². The Labute approximate surface area is 179 Å². The van der Waals surface area contributed by atoms with Crippen LogP contribution in [0.5, 0.6) is 0 Å². The molecule has 1 aromatic rings. The predicted octanol–water partition coefficient (Wildman–Crippen LogP) is 2.38. The Balaban J connectivity index is 1.21. The zero-order chi connectivity index (χ0) is 20.9. The summed E-state index contributed by atoms with van der Waals surface area (Å²) in [5.74, 6) is 0.389. The SMILES string of the molecule is O=C(NC1CC1)C1CCCN(C(=O)C2CCN(C(=O)CCc3ccccc3)CC2)C1. The Morgan fingerprint density at radius 1 is 0.867 bits per heavy atom. The van der Waals surface area contributed by atoms with Gasteiger partial charge in [0.25, 0.3) is 0 Å². The lowest BCUT2D eigenvalue weighted by atomic mass is 9.91. The number of carbonyl (C=O) groups excluding carboxylic acids is 3. The Hall–Kier alpha value is -2.37. The van der Waals surface area contributed by atoms with Gasteiger partial charge in [0, 0.05) is 44.6 Å². The van der Waals surface area contributed by atoms with Crippen LogP contribution in [0.3, 0.4) is 0 Å². The normalized spacial score (nSPS) is 22.6. The fourth-order valence-corrected chi connectivity index (χ4v) is 4.63. The number of amides is 3. The first-order chi connectivity index (χ1) is 14.6. The van der Waals surface area contributed by atoms with Crippen molar-refractivity contribution < 1.29 is 14.4 Å². The van der Waals surface area contributed by atoms with Crippen molar-refractivity contribution in [2.45, 2.75) is 57.4 Å². The molecule has 3 fully saturated rings. The highest BCUT2D eigenvalue weighted by Gasteiger charge is 2.35. The predicted molar refractivity (Wildman–Crippen MR) is 115 cm³/mol. The van der Waals surface area contributed by atoms with Crippen molar-refractivity contribution in [1.82, 2.24) is 15.1 Å². The van der Waals surface area contributed by atoms with E-state index in [0.29, 0.717) is 32.1 Å². The van der Waals surface area contributed by atoms with Gasteiger partial charge in [-0.1, -0.05) is 30.3 Å². The van der Waals surface area contributed by atoms with Gasteiger partial charge in [0.05, 0.1) is 5.92 Å². The molecule has 2 heterocycles. The molecule has 0 bridgehead atoms. The molecule has 1 saturated carbocycles. The number of hydrogen-bond acceptors (Lipinski definition) is 3. The van der Waals surface area contributed by atoms with E-state index >= 15 is 0 Å². The maximum Gasteiger partial charge on any atom is 0.225 e. The van der Waals surface area contributed by atoms with Gasteiger partial charge in [-0.2, -0.15) is 0 Å². The molecule has 1 atom stereocenters. The van der Waals surface area contributed by atoms with E-state index in [1.807, 2.05) is 28.0 Å². The lowest BCUT2D eigenvalue weighted by Crippen LogP contribution is -2.49. The quantitative estimate of drug-likeness (QED) is 0.781. The van der Waals surface area contributed by atoms with Gasteiger partial charge < -0.3 is 15.1 Å². The second-order valence-corrected chi connectivity index (χ2v) is 9.05. The highest BCUT2D eigenvalue weighted by Crippen LogP contribution is 2.26. The monoisotopic (exact) mass is 411 g/mol. The lowest BCUT2D eigenvalue weighted by Gasteiger charge is -2.37. The van der Waals surface area contributed by atoms with Crippen LogP contribution >= 0.6 is 0 Å². The van der Waals surface area contributed by atoms with E-state index < -0.39 is 0 Å². The standard InChI is InChI=1S/C24H33N3O3/c28-22(11-8-18-5-2-1-3-6-18)26-15-12-19(13-16-26)24(30)27-14-4-7-20(17-27)23(29)25-21-9-10-21/h1-3,5-6,19-21H,4,7-17H2,(H,25,29). The number of hydrogen-bond donors (Lipinski definition) is 1. The first-order valence-electron chi connectivity index (χ1n) is 11.5. The molecule has 1 aromatic carbocycles. The van der Waals surface area contributed by atoms with Crippen LogP contribution in [0.25, 0.3) is 0 Å². The highest BCUT2D eigenvalue weighted by atomic mass is 16.2. The van der Waals surface area contributed by atoms with E-state index in [1.54, 1.807) is 0 Å². The highest BCUT2D eigenvalue weighted by molar-refractivity contribution is 5.83. The summed E-state index contributed by atoms with van der Waals surface area (Å²) in [5.41, 5.74) is 1.18. The van der Waals surface area contributed by atoms with Crippen molar-refractivity contribution >= 4 is 17.7 Å². The summed E-state index contributed by atoms with van der Waals surface area (Å²) in [6, 6.07) is 10.4. The molecule has 1 unspecified atom stereocenters. The van der Waals surface area contributed by atoms with E-state index in [0.717, 1.165) is 51.5 Å². The molecule has 0 radical (unpaired) electrons. The minimum absolute atomic E-state index is 0.0200. The number of carbonyl (C=O) groups is 3. The Kier molecular flexibility index (Phi) is 6.70. The summed E-state index contributed by atoms with van der Waals surface area (Å²) < 4.78 is 0. The summed E-state index contributed by atoms with van der Waals surface area (Å²) in [6.45, 7) is 2.61. The third kappa shape index (κ3) is 5.41. The van der Waals surface area contributed by atoms with Gasteiger partial charge in [-0.25, -0.2) is 0 Å². The molecule has 30 heavy (non-hydrogen) atoms. The number of rotatable bonds is 6. The number of piperidine rings is 2. The number of likely N-dealkylation sites (tertiary alicyclic amines) is 2. The second-order valence-electron chi connectivity index (χ2n) is 9.05. The molecular weight excluding hydrogens is 378 g/mol. The zero-order valence-corrected chi connectivity index (χ0v) is 17.7. The van der Waals surface area contributed by atoms with Gasteiger partial charge in [-0.3, -0.25) is 14.4 Å². The topological polar surface area (TPSA) is 69.7 Å². The number of nitrogens with one attached hydrogen (secondary N) is 1. The summed E-state index contributed by atoms with van der Waals surface area (Å²) in [4.78, 5) is 41.8. The Bertz CT molecular complexity index is 754. The van der Waals surface area contributed by atoms with Gasteiger partial charge in [-0.15, -0.1) is 0 Å². The maximum absolute atomic E-state index is 13.0. The first-order valence-corrected chi connectivity index (χ1v) is 11.5. The molecular formula is C24H33N3O3. The van der Waals surface area contributed by atoms with Gasteiger partial charge in [0.2, 0.25) is 17.7 Å². The molecule has 0 aromatic heterocycles. The van der Waals surface area contributed by atoms with Gasteiger partial charge in [0.15, 0.2) is 0 Å². The molecule has 3 aliphatic rings. The van der Waals surface area contributed by atoms with E-state index in [4.69, 9.17) is 0 Å². The first kappa shape index (κ1) is 20.9. The lowest BCUT2D eigenvalue weighted by molar-refractivity contribution is -0.143. The third-order valence-electron chi connectivity index (χ3n) is 6.69. The zero-order valence-electron chi connectivity index (χ0n) is 17.7. The van der Waals surface area contributed by atoms with Gasteiger partial charge >= 0.3 is 0 Å². The van der Waals surface area contributed by atoms with E-state index in [-0.39, 0.29) is 29.6 Å². The van der Waals surface area contributed by atoms with Crippen LogP contribution in [0.15, 0.2) is 30.3 Å². The van der Waals surface area contributed by atoms with E-state index in [9.17, 15) is 14.4 Å². The molecule has 6 nitrogen and oxygen atoms in total. The van der Waals surface area contributed by atoms with E-state index in [2.05, 4.69) is 17.4 Å². The van der Waals surface area contributed by atoms with Gasteiger partial charge in [0.1, 0.15) is 0 Å². The largest absolute Gasteiger partial charge is 0.353 e. The molecule has 2 saturated heterocycles. The fraction of sp³-hybridized carbons (Fsp3) is 0.625. The smallest absolute Gasteiger partial charge is 0.225 e. The summed E-state index contributed by atoms with van der Waals surface area (Å²) in [7, 11) is 0. The van der Waals surface area contributed by atoms with Crippen LogP contribution in [-0.4, -0.2) is 59.7 Å². The minimum atomic E-state index is -0.0667. The van der Waals surface area contributed by atoms with Crippen LogP contribution in [0.4, 0.5) is 0 Å². The molecule has 6 heteroatoms. The average molecular weight is 412 g/mol. The summed E-state index contributed by atoms with van der Waals surface area (Å²) in [5, 5.41) is 3.08. The summed E-state index contributed by atoms with van der Waals surface area (Å²) >= 11 is 0. The van der Waals surface area contributed by atoms with Crippen LogP contribution in [-0.2, 0) is 20.8 Å². The minimum Gasteiger partial charge on any atom is -0.353 e. The molecule has 1 N–H and O–H groups in total. The number of benzene rings is 1. The van der Waals surface area contributed by atoms with Crippen molar-refractivity contribution in [3.05, 3.63) is 35.9 Å². The van der Waals surface area contributed by atoms with Crippen LogP contribution in [0.2, 0.25) is 0 Å². The molecule has 2 aliphatic heterocycles. The number of aryl methyl sites for hydroxylation is 1. The number of nitrogens with zero attached hydrogens (tertiary/aromatic N) is 2. The van der Waals surface area contributed by atoms with Crippen molar-refractivity contribution in [2.24, 2.45) is 11.8 Å². The molecule has 162 valence electrons. The summed E-state index contributed by atoms with van der Waals surface area (Å²) in [6.07, 6.45) is 6.68. The molecule has 3 amide bonds. The van der Waals surface area contributed by atoms with Crippen molar-refractivity contribution in [2.75, 3.05) is 26.2 Å². The average Bonchev–Trinajstić information content (AvgIpc) is 3.62. The van der Waals surface area contributed by atoms with Crippen LogP contribution in [0.1, 0.15) is 50.5 Å². The molecule has 4 rings (SSSR count). The van der Waals surface area contributed by atoms with Crippen LogP contribution < -0.4 is 5.32 Å². The van der Waals surface area contributed by atoms with Crippen molar-refractivity contribution in [3.63, 3.8) is 0 Å². The van der Waals surface area contributed by atoms with Crippen LogP contribution in [0, 0.1) is 11.8 Å². The fourth-order valence-electron chi connectivity index (χ4n) is 4.63. The molecule has 0 spiro atoms. The second kappa shape index (κ2) is 9.63.